The fourth-order valence-corrected chi connectivity index (χ4v) is 0.750. The summed E-state index contributed by atoms with van der Waals surface area (Å²) in [6, 6.07) is 0. The van der Waals surface area contributed by atoms with Gasteiger partial charge in [-0.15, -0.1) is 0 Å². The maximum atomic E-state index is 10.9. The van der Waals surface area contributed by atoms with Gasteiger partial charge in [0.05, 0.1) is 13.0 Å². The van der Waals surface area contributed by atoms with Gasteiger partial charge in [-0.25, -0.2) is 0 Å². The second-order valence-corrected chi connectivity index (χ2v) is 2.57. The third kappa shape index (κ3) is 7.54. The van der Waals surface area contributed by atoms with Crippen LogP contribution in [0.1, 0.15) is 26.2 Å². The van der Waals surface area contributed by atoms with E-state index in [0.29, 0.717) is 26.0 Å². The zero-order valence-electron chi connectivity index (χ0n) is 7.77. The Morgan fingerprint density at radius 2 is 2.25 bits per heavy atom. The standard InChI is InChI=1S/C9H18NO2/c1-3-6-10-7-5-9(11)12-8-4-2/h10H,2-8H2,1H3. The van der Waals surface area contributed by atoms with Crippen LogP contribution in [-0.2, 0) is 9.53 Å². The number of esters is 1. The van der Waals surface area contributed by atoms with Crippen molar-refractivity contribution in [1.29, 1.82) is 0 Å². The van der Waals surface area contributed by atoms with Crippen LogP contribution in [0.5, 0.6) is 0 Å². The van der Waals surface area contributed by atoms with Crippen LogP contribution in [0.25, 0.3) is 0 Å². The smallest absolute Gasteiger partial charge is 0.307 e. The van der Waals surface area contributed by atoms with Crippen molar-refractivity contribution in [2.45, 2.75) is 26.2 Å². The Bertz CT molecular complexity index is 115. The molecule has 0 aliphatic rings. The van der Waals surface area contributed by atoms with Gasteiger partial charge in [-0.1, -0.05) is 6.92 Å². The fraction of sp³-hybridized carbons (Fsp3) is 0.778. The van der Waals surface area contributed by atoms with Gasteiger partial charge in [0.25, 0.3) is 0 Å². The summed E-state index contributed by atoms with van der Waals surface area (Å²) >= 11 is 0. The van der Waals surface area contributed by atoms with E-state index in [0.717, 1.165) is 13.0 Å². The Balaban J connectivity index is 3.08. The molecule has 0 rings (SSSR count). The predicted molar refractivity (Wildman–Crippen MR) is 48.7 cm³/mol. The van der Waals surface area contributed by atoms with Crippen LogP contribution in [0, 0.1) is 6.92 Å². The highest BCUT2D eigenvalue weighted by Gasteiger charge is 1.99. The molecular formula is C9H18NO2. The number of hydrogen-bond donors (Lipinski definition) is 1. The van der Waals surface area contributed by atoms with Crippen molar-refractivity contribution >= 4 is 5.97 Å². The minimum absolute atomic E-state index is 0.137. The SMILES string of the molecule is [CH2]CCOC(=O)CCNCCC. The van der Waals surface area contributed by atoms with Gasteiger partial charge in [-0.05, 0) is 26.3 Å². The first-order chi connectivity index (χ1) is 5.81. The summed E-state index contributed by atoms with van der Waals surface area (Å²) < 4.78 is 4.83. The molecule has 0 unspecified atom stereocenters. The van der Waals surface area contributed by atoms with Gasteiger partial charge in [0.2, 0.25) is 0 Å². The summed E-state index contributed by atoms with van der Waals surface area (Å²) in [7, 11) is 0. The molecule has 0 spiro atoms. The number of rotatable bonds is 7. The molecule has 0 bridgehead atoms. The highest BCUT2D eigenvalue weighted by Crippen LogP contribution is 1.86. The molecule has 0 saturated heterocycles. The molecule has 0 aliphatic heterocycles. The molecule has 12 heavy (non-hydrogen) atoms. The molecule has 1 N–H and O–H groups in total. The molecule has 0 heterocycles. The highest BCUT2D eigenvalue weighted by molar-refractivity contribution is 5.69. The molecule has 0 fully saturated rings. The summed E-state index contributed by atoms with van der Waals surface area (Å²) in [4.78, 5) is 10.9. The van der Waals surface area contributed by atoms with Gasteiger partial charge < -0.3 is 10.1 Å². The van der Waals surface area contributed by atoms with Gasteiger partial charge >= 0.3 is 5.97 Å². The van der Waals surface area contributed by atoms with Crippen molar-refractivity contribution < 1.29 is 9.53 Å². The van der Waals surface area contributed by atoms with Crippen LogP contribution in [0.15, 0.2) is 0 Å². The van der Waals surface area contributed by atoms with Gasteiger partial charge in [-0.2, -0.15) is 0 Å². The maximum Gasteiger partial charge on any atom is 0.307 e. The zero-order chi connectivity index (χ0) is 9.23. The van der Waals surface area contributed by atoms with Crippen LogP contribution in [-0.4, -0.2) is 25.7 Å². The summed E-state index contributed by atoms with van der Waals surface area (Å²) in [6.07, 6.45) is 2.20. The minimum Gasteiger partial charge on any atom is -0.466 e. The molecule has 71 valence electrons. The van der Waals surface area contributed by atoms with E-state index in [1.165, 1.54) is 0 Å². The first-order valence-corrected chi connectivity index (χ1v) is 4.46. The summed E-state index contributed by atoms with van der Waals surface area (Å²) in [5.74, 6) is -0.137. The third-order valence-corrected chi connectivity index (χ3v) is 1.34. The van der Waals surface area contributed by atoms with E-state index in [1.54, 1.807) is 0 Å². The lowest BCUT2D eigenvalue weighted by molar-refractivity contribution is -0.143. The zero-order valence-corrected chi connectivity index (χ0v) is 7.77. The average molecular weight is 172 g/mol. The summed E-state index contributed by atoms with van der Waals surface area (Å²) in [5, 5.41) is 3.13. The van der Waals surface area contributed by atoms with E-state index < -0.39 is 0 Å². The van der Waals surface area contributed by atoms with Crippen LogP contribution in [0.3, 0.4) is 0 Å². The number of hydrogen-bond acceptors (Lipinski definition) is 3. The van der Waals surface area contributed by atoms with Crippen molar-refractivity contribution in [3.05, 3.63) is 6.92 Å². The van der Waals surface area contributed by atoms with E-state index in [1.807, 2.05) is 0 Å². The van der Waals surface area contributed by atoms with E-state index in [9.17, 15) is 4.79 Å². The number of carbonyl (C=O) groups is 1. The quantitative estimate of drug-likeness (QED) is 0.462. The Kier molecular flexibility index (Phi) is 8.12. The van der Waals surface area contributed by atoms with Gasteiger partial charge in [0, 0.05) is 6.54 Å². The lowest BCUT2D eigenvalue weighted by atomic mass is 10.4. The van der Waals surface area contributed by atoms with Gasteiger partial charge in [0.1, 0.15) is 0 Å². The molecule has 3 heteroatoms. The Hall–Kier alpha value is -0.570. The second-order valence-electron chi connectivity index (χ2n) is 2.57. The largest absolute Gasteiger partial charge is 0.466 e. The molecule has 0 aromatic carbocycles. The molecule has 0 aromatic rings. The molecule has 0 aromatic heterocycles. The molecule has 1 radical (unpaired) electrons. The molecular weight excluding hydrogens is 154 g/mol. The van der Waals surface area contributed by atoms with Crippen molar-refractivity contribution in [2.75, 3.05) is 19.7 Å². The maximum absolute atomic E-state index is 10.9. The fourth-order valence-electron chi connectivity index (χ4n) is 0.750. The second kappa shape index (κ2) is 8.53. The number of carbonyl (C=O) groups excluding carboxylic acids is 1. The topological polar surface area (TPSA) is 38.3 Å². The van der Waals surface area contributed by atoms with Crippen molar-refractivity contribution in [1.82, 2.24) is 5.32 Å². The lowest BCUT2D eigenvalue weighted by Gasteiger charge is -2.03. The molecule has 3 nitrogen and oxygen atoms in total. The average Bonchev–Trinajstić information content (AvgIpc) is 2.09. The van der Waals surface area contributed by atoms with Crippen molar-refractivity contribution in [3.63, 3.8) is 0 Å². The van der Waals surface area contributed by atoms with Crippen molar-refractivity contribution in [2.24, 2.45) is 0 Å². The predicted octanol–water partition coefficient (Wildman–Crippen LogP) is 1.14. The summed E-state index contributed by atoms with van der Waals surface area (Å²) in [6.45, 7) is 7.78. The number of ether oxygens (including phenoxy) is 1. The van der Waals surface area contributed by atoms with Gasteiger partial charge in [0.15, 0.2) is 0 Å². The first-order valence-electron chi connectivity index (χ1n) is 4.46. The molecule has 0 aliphatic carbocycles. The van der Waals surface area contributed by atoms with Crippen LogP contribution in [0.2, 0.25) is 0 Å². The lowest BCUT2D eigenvalue weighted by Crippen LogP contribution is -2.20. The number of nitrogens with one attached hydrogen (secondary N) is 1. The van der Waals surface area contributed by atoms with E-state index in [4.69, 9.17) is 4.74 Å². The minimum atomic E-state index is -0.137. The Morgan fingerprint density at radius 3 is 2.83 bits per heavy atom. The Morgan fingerprint density at radius 1 is 1.50 bits per heavy atom. The summed E-state index contributed by atoms with van der Waals surface area (Å²) in [5.41, 5.74) is 0. The Labute approximate surface area is 74.5 Å². The monoisotopic (exact) mass is 172 g/mol. The third-order valence-electron chi connectivity index (χ3n) is 1.34. The van der Waals surface area contributed by atoms with Crippen LogP contribution < -0.4 is 5.32 Å². The van der Waals surface area contributed by atoms with Crippen LogP contribution in [0.4, 0.5) is 0 Å². The highest BCUT2D eigenvalue weighted by atomic mass is 16.5. The van der Waals surface area contributed by atoms with E-state index in [2.05, 4.69) is 19.2 Å². The van der Waals surface area contributed by atoms with Crippen LogP contribution >= 0.6 is 0 Å². The molecule has 0 atom stereocenters. The van der Waals surface area contributed by atoms with E-state index in [-0.39, 0.29) is 5.97 Å². The normalized spacial score (nSPS) is 9.83. The van der Waals surface area contributed by atoms with E-state index >= 15 is 0 Å². The molecule has 0 saturated carbocycles. The first kappa shape index (κ1) is 11.4. The van der Waals surface area contributed by atoms with Crippen molar-refractivity contribution in [3.8, 4) is 0 Å². The molecule has 0 amide bonds. The van der Waals surface area contributed by atoms with Gasteiger partial charge in [-0.3, -0.25) is 4.79 Å².